The number of nitrogens with one attached hydrogen (secondary N) is 1. The summed E-state index contributed by atoms with van der Waals surface area (Å²) in [6.07, 6.45) is -10.3. The molecule has 0 bridgehead atoms. The molecule has 0 saturated heterocycles. The first-order valence-corrected chi connectivity index (χ1v) is 13.2. The lowest BCUT2D eigenvalue weighted by Crippen LogP contribution is -2.36. The topological polar surface area (TPSA) is 75.7 Å². The standard InChI is InChI=1S/C25H18ClF7N2O4S/c26-20-7-5-15-13-35(40(37,38)17-3-1-2-16(12-17)39-25(31,32)33)9-8-18(15)23(20)34-22(36)11-14-4-6-19(21(27)10-14)24(28,29)30/h1-7,10,12H,8-9,11,13H2,(H,34,36). The normalized spacial score (nSPS) is 14.5. The highest BCUT2D eigenvalue weighted by Crippen LogP contribution is 2.36. The van der Waals surface area contributed by atoms with Gasteiger partial charge in [-0.2, -0.15) is 17.5 Å². The number of carbonyl (C=O) groups excluding carboxylic acids is 1. The van der Waals surface area contributed by atoms with Gasteiger partial charge in [-0.15, -0.1) is 13.2 Å². The van der Waals surface area contributed by atoms with Crippen LogP contribution < -0.4 is 10.1 Å². The van der Waals surface area contributed by atoms with Gasteiger partial charge < -0.3 is 10.1 Å². The zero-order chi connectivity index (χ0) is 29.5. The molecule has 4 rings (SSSR count). The predicted molar refractivity (Wildman–Crippen MR) is 130 cm³/mol. The number of rotatable bonds is 6. The van der Waals surface area contributed by atoms with Gasteiger partial charge in [0.25, 0.3) is 0 Å². The molecule has 0 unspecified atom stereocenters. The molecule has 3 aromatic carbocycles. The van der Waals surface area contributed by atoms with E-state index in [0.29, 0.717) is 23.3 Å². The lowest BCUT2D eigenvalue weighted by molar-refractivity contribution is -0.274. The van der Waals surface area contributed by atoms with Crippen LogP contribution in [0.3, 0.4) is 0 Å². The Labute approximate surface area is 228 Å². The maximum atomic E-state index is 13.9. The average molecular weight is 611 g/mol. The number of ether oxygens (including phenoxy) is 1. The van der Waals surface area contributed by atoms with Gasteiger partial charge in [-0.3, -0.25) is 4.79 Å². The Bertz CT molecular complexity index is 1560. The molecule has 40 heavy (non-hydrogen) atoms. The van der Waals surface area contributed by atoms with Gasteiger partial charge >= 0.3 is 12.5 Å². The van der Waals surface area contributed by atoms with E-state index in [-0.39, 0.29) is 35.8 Å². The molecule has 3 aromatic rings. The number of sulfonamides is 1. The average Bonchev–Trinajstić information content (AvgIpc) is 2.84. The fraction of sp³-hybridized carbons (Fsp3) is 0.240. The summed E-state index contributed by atoms with van der Waals surface area (Å²) in [7, 11) is -4.24. The lowest BCUT2D eigenvalue weighted by atomic mass is 9.98. The minimum atomic E-state index is -5.01. The van der Waals surface area contributed by atoms with Crippen LogP contribution >= 0.6 is 11.6 Å². The Morgan fingerprint density at radius 2 is 1.75 bits per heavy atom. The van der Waals surface area contributed by atoms with Crippen LogP contribution in [0.25, 0.3) is 0 Å². The zero-order valence-corrected chi connectivity index (χ0v) is 21.6. The summed E-state index contributed by atoms with van der Waals surface area (Å²) < 4.78 is 121. The summed E-state index contributed by atoms with van der Waals surface area (Å²) in [4.78, 5) is 12.2. The third-order valence-corrected chi connectivity index (χ3v) is 8.12. The zero-order valence-electron chi connectivity index (χ0n) is 20.0. The van der Waals surface area contributed by atoms with Gasteiger partial charge in [-0.05, 0) is 53.4 Å². The molecule has 1 amide bonds. The number of nitrogens with zero attached hydrogens (tertiary/aromatic N) is 1. The summed E-state index contributed by atoms with van der Waals surface area (Å²) in [6.45, 7) is -0.292. The highest BCUT2D eigenvalue weighted by Gasteiger charge is 2.35. The van der Waals surface area contributed by atoms with Crippen molar-refractivity contribution in [2.24, 2.45) is 0 Å². The highest BCUT2D eigenvalue weighted by molar-refractivity contribution is 7.89. The van der Waals surface area contributed by atoms with E-state index in [1.807, 2.05) is 0 Å². The summed E-state index contributed by atoms with van der Waals surface area (Å²) >= 11 is 6.26. The van der Waals surface area contributed by atoms with Crippen LogP contribution in [0.15, 0.2) is 59.5 Å². The number of hydrogen-bond acceptors (Lipinski definition) is 4. The first-order chi connectivity index (χ1) is 18.5. The van der Waals surface area contributed by atoms with E-state index < -0.39 is 56.9 Å². The predicted octanol–water partition coefficient (Wildman–Crippen LogP) is 6.32. The molecule has 1 aliphatic rings. The molecule has 0 fully saturated rings. The van der Waals surface area contributed by atoms with E-state index in [0.717, 1.165) is 34.6 Å². The van der Waals surface area contributed by atoms with Crippen molar-refractivity contribution in [1.82, 2.24) is 4.31 Å². The second kappa shape index (κ2) is 10.9. The molecule has 1 N–H and O–H groups in total. The first kappa shape index (κ1) is 29.6. The molecule has 214 valence electrons. The molecule has 0 atom stereocenters. The van der Waals surface area contributed by atoms with Crippen LogP contribution in [0, 0.1) is 5.82 Å². The number of carbonyl (C=O) groups is 1. The summed E-state index contributed by atoms with van der Waals surface area (Å²) in [5, 5.41) is 2.67. The quantitative estimate of drug-likeness (QED) is 0.331. The van der Waals surface area contributed by atoms with Crippen molar-refractivity contribution in [2.45, 2.75) is 36.8 Å². The number of halogens is 8. The number of fused-ring (bicyclic) bond motifs is 1. The molecule has 6 nitrogen and oxygen atoms in total. The minimum absolute atomic E-state index is 0.0158. The van der Waals surface area contributed by atoms with Crippen molar-refractivity contribution in [3.63, 3.8) is 0 Å². The number of hydrogen-bond donors (Lipinski definition) is 1. The van der Waals surface area contributed by atoms with Gasteiger partial charge in [0.05, 0.1) is 27.6 Å². The summed E-state index contributed by atoms with van der Waals surface area (Å²) in [5.74, 6) is -2.92. The monoisotopic (exact) mass is 610 g/mol. The van der Waals surface area contributed by atoms with Crippen LogP contribution in [0.5, 0.6) is 5.75 Å². The fourth-order valence-corrected chi connectivity index (χ4v) is 5.87. The Kier molecular flexibility index (Phi) is 8.07. The molecule has 0 aliphatic carbocycles. The smallest absolute Gasteiger partial charge is 0.406 e. The van der Waals surface area contributed by atoms with Crippen LogP contribution in [0.1, 0.15) is 22.3 Å². The third-order valence-electron chi connectivity index (χ3n) is 5.96. The van der Waals surface area contributed by atoms with Gasteiger partial charge in [0, 0.05) is 19.2 Å². The minimum Gasteiger partial charge on any atom is -0.406 e. The Balaban J connectivity index is 1.52. The maximum absolute atomic E-state index is 13.9. The number of anilines is 1. The number of benzene rings is 3. The van der Waals surface area contributed by atoms with Crippen LogP contribution in [0.2, 0.25) is 5.02 Å². The molecule has 1 heterocycles. The van der Waals surface area contributed by atoms with Gasteiger partial charge in [-0.1, -0.05) is 29.8 Å². The summed E-state index contributed by atoms with van der Waals surface area (Å²) in [6, 6.07) is 9.03. The van der Waals surface area contributed by atoms with Crippen LogP contribution in [0.4, 0.5) is 36.4 Å². The molecular formula is C25H18ClF7N2O4S. The van der Waals surface area contributed by atoms with E-state index in [9.17, 15) is 43.9 Å². The van der Waals surface area contributed by atoms with Crippen LogP contribution in [-0.4, -0.2) is 31.5 Å². The van der Waals surface area contributed by atoms with Crippen molar-refractivity contribution in [3.8, 4) is 5.75 Å². The Morgan fingerprint density at radius 1 is 1.02 bits per heavy atom. The van der Waals surface area contributed by atoms with Crippen molar-refractivity contribution in [1.29, 1.82) is 0 Å². The second-order valence-electron chi connectivity index (χ2n) is 8.71. The van der Waals surface area contributed by atoms with E-state index in [2.05, 4.69) is 10.1 Å². The highest BCUT2D eigenvalue weighted by atomic mass is 35.5. The molecule has 1 aliphatic heterocycles. The van der Waals surface area contributed by atoms with E-state index in [1.54, 1.807) is 0 Å². The lowest BCUT2D eigenvalue weighted by Gasteiger charge is -2.30. The SMILES string of the molecule is O=C(Cc1ccc(C(F)(F)F)c(F)c1)Nc1c(Cl)ccc2c1CCN(S(=O)(=O)c1cccc(OC(F)(F)F)c1)C2. The number of alkyl halides is 6. The van der Waals surface area contributed by atoms with Gasteiger partial charge in [-0.25, -0.2) is 12.8 Å². The molecule has 0 radical (unpaired) electrons. The Morgan fingerprint density at radius 3 is 2.40 bits per heavy atom. The van der Waals surface area contributed by atoms with E-state index in [1.165, 1.54) is 12.1 Å². The first-order valence-electron chi connectivity index (χ1n) is 11.4. The van der Waals surface area contributed by atoms with Crippen molar-refractivity contribution >= 4 is 33.2 Å². The third kappa shape index (κ3) is 6.67. The van der Waals surface area contributed by atoms with Gasteiger partial charge in [0.1, 0.15) is 11.6 Å². The fourth-order valence-electron chi connectivity index (χ4n) is 4.19. The van der Waals surface area contributed by atoms with Crippen molar-refractivity contribution < 1.29 is 48.7 Å². The maximum Gasteiger partial charge on any atom is 0.573 e. The second-order valence-corrected chi connectivity index (χ2v) is 11.1. The van der Waals surface area contributed by atoms with Crippen molar-refractivity contribution in [2.75, 3.05) is 11.9 Å². The largest absolute Gasteiger partial charge is 0.573 e. The molecule has 15 heteroatoms. The van der Waals surface area contributed by atoms with Gasteiger partial charge in [0.15, 0.2) is 0 Å². The van der Waals surface area contributed by atoms with Crippen LogP contribution in [-0.2, 0) is 40.4 Å². The van der Waals surface area contributed by atoms with Crippen molar-refractivity contribution in [3.05, 3.63) is 87.7 Å². The summed E-state index contributed by atoms with van der Waals surface area (Å²) in [5.41, 5.74) is -0.360. The Hall–Kier alpha value is -3.36. The van der Waals surface area contributed by atoms with Gasteiger partial charge in [0.2, 0.25) is 15.9 Å². The van der Waals surface area contributed by atoms with E-state index >= 15 is 0 Å². The molecule has 0 spiro atoms. The number of amides is 1. The van der Waals surface area contributed by atoms with E-state index in [4.69, 9.17) is 11.6 Å². The molecular weight excluding hydrogens is 593 g/mol. The molecule has 0 aromatic heterocycles. The molecule has 0 saturated carbocycles.